The van der Waals surface area contributed by atoms with Crippen molar-refractivity contribution in [2.45, 2.75) is 28.5 Å². The van der Waals surface area contributed by atoms with Crippen molar-refractivity contribution in [1.82, 2.24) is 10.2 Å². The van der Waals surface area contributed by atoms with Crippen molar-refractivity contribution in [1.29, 1.82) is 0 Å². The first-order chi connectivity index (χ1) is 11.2. The van der Waals surface area contributed by atoms with E-state index in [2.05, 4.69) is 29.3 Å². The number of carbonyl (C=O) groups excluding carboxylic acids is 1. The number of hydrogen-bond acceptors (Lipinski definition) is 4. The highest BCUT2D eigenvalue weighted by molar-refractivity contribution is 8.01. The number of hydrogen-bond donors (Lipinski definition) is 1. The summed E-state index contributed by atoms with van der Waals surface area (Å²) in [5.41, 5.74) is 0.759. The maximum Gasteiger partial charge on any atom is 0.251 e. The van der Waals surface area contributed by atoms with E-state index in [0.717, 1.165) is 18.7 Å². The van der Waals surface area contributed by atoms with E-state index in [4.69, 9.17) is 0 Å². The minimum Gasteiger partial charge on any atom is -0.348 e. The Bertz CT molecular complexity index is 710. The highest BCUT2D eigenvalue weighted by Crippen LogP contribution is 2.33. The second-order valence-corrected chi connectivity index (χ2v) is 9.04. The van der Waals surface area contributed by atoms with Crippen LogP contribution in [-0.4, -0.2) is 36.5 Å². The maximum absolute atomic E-state index is 12.4. The number of thiophene rings is 1. The van der Waals surface area contributed by atoms with Crippen LogP contribution in [0.5, 0.6) is 0 Å². The van der Waals surface area contributed by atoms with Gasteiger partial charge in [-0.15, -0.1) is 11.3 Å². The zero-order valence-electron chi connectivity index (χ0n) is 13.1. The average Bonchev–Trinajstić information content (AvgIpc) is 3.25. The molecule has 4 rings (SSSR count). The molecule has 1 N–H and O–H groups in total. The molecule has 2 aliphatic heterocycles. The quantitative estimate of drug-likeness (QED) is 0.919. The molecule has 1 amide bonds. The molecule has 2 unspecified atom stereocenters. The molecule has 0 aliphatic carbocycles. The minimum absolute atomic E-state index is 0.0623. The number of rotatable bonds is 4. The number of nitrogens with zero attached hydrogens (tertiary/aromatic N) is 1. The van der Waals surface area contributed by atoms with E-state index >= 15 is 0 Å². The lowest BCUT2D eigenvalue weighted by Gasteiger charge is -2.23. The Morgan fingerprint density at radius 3 is 2.65 bits per heavy atom. The van der Waals surface area contributed by atoms with Crippen molar-refractivity contribution in [3.63, 3.8) is 0 Å². The van der Waals surface area contributed by atoms with Gasteiger partial charge in [0, 0.05) is 34.5 Å². The Kier molecular flexibility index (Phi) is 4.18. The van der Waals surface area contributed by atoms with Crippen LogP contribution >= 0.6 is 23.1 Å². The topological polar surface area (TPSA) is 32.3 Å². The molecule has 3 atom stereocenters. The first-order valence-electron chi connectivity index (χ1n) is 8.05. The fourth-order valence-electron chi connectivity index (χ4n) is 3.46. The SMILES string of the molecule is Cc1ccc(Sc2ccc(C(=O)NC3CN4CC[C@H]3C4)cc2)s1. The summed E-state index contributed by atoms with van der Waals surface area (Å²) in [5.74, 6) is 0.711. The summed E-state index contributed by atoms with van der Waals surface area (Å²) in [4.78, 5) is 17.4. The van der Waals surface area contributed by atoms with Gasteiger partial charge >= 0.3 is 0 Å². The lowest BCUT2D eigenvalue weighted by molar-refractivity contribution is 0.0924. The van der Waals surface area contributed by atoms with E-state index in [9.17, 15) is 4.79 Å². The van der Waals surface area contributed by atoms with Crippen molar-refractivity contribution in [2.24, 2.45) is 5.92 Å². The van der Waals surface area contributed by atoms with Gasteiger partial charge in [-0.2, -0.15) is 0 Å². The molecule has 2 fully saturated rings. The van der Waals surface area contributed by atoms with Gasteiger partial charge in [-0.1, -0.05) is 11.8 Å². The van der Waals surface area contributed by atoms with E-state index in [1.54, 1.807) is 23.1 Å². The zero-order chi connectivity index (χ0) is 15.8. The molecule has 23 heavy (non-hydrogen) atoms. The molecular formula is C18H20N2OS2. The van der Waals surface area contributed by atoms with Crippen LogP contribution < -0.4 is 5.32 Å². The average molecular weight is 345 g/mol. The number of nitrogens with one attached hydrogen (secondary N) is 1. The summed E-state index contributed by atoms with van der Waals surface area (Å²) >= 11 is 3.55. The summed E-state index contributed by atoms with van der Waals surface area (Å²) in [5, 5.41) is 3.21. The van der Waals surface area contributed by atoms with Gasteiger partial charge in [-0.05, 0) is 62.2 Å². The van der Waals surface area contributed by atoms with Crippen LogP contribution in [-0.2, 0) is 0 Å². The third-order valence-corrected chi connectivity index (χ3v) is 6.84. The van der Waals surface area contributed by atoms with Gasteiger partial charge in [-0.3, -0.25) is 4.79 Å². The largest absolute Gasteiger partial charge is 0.348 e. The van der Waals surface area contributed by atoms with Crippen LogP contribution in [0, 0.1) is 12.8 Å². The predicted octanol–water partition coefficient (Wildman–Crippen LogP) is 3.64. The summed E-state index contributed by atoms with van der Waals surface area (Å²) in [7, 11) is 0. The molecular weight excluding hydrogens is 324 g/mol. The van der Waals surface area contributed by atoms with E-state index < -0.39 is 0 Å². The highest BCUT2D eigenvalue weighted by atomic mass is 32.2. The smallest absolute Gasteiger partial charge is 0.251 e. The third kappa shape index (κ3) is 3.32. The molecule has 0 spiro atoms. The molecule has 3 nitrogen and oxygen atoms in total. The van der Waals surface area contributed by atoms with E-state index in [-0.39, 0.29) is 5.91 Å². The van der Waals surface area contributed by atoms with Crippen molar-refractivity contribution in [2.75, 3.05) is 19.6 Å². The fourth-order valence-corrected chi connectivity index (χ4v) is 5.54. The summed E-state index contributed by atoms with van der Waals surface area (Å²) in [6.45, 7) is 5.49. The van der Waals surface area contributed by atoms with Gasteiger partial charge in [0.05, 0.1) is 4.21 Å². The Hall–Kier alpha value is -1.30. The van der Waals surface area contributed by atoms with Gasteiger partial charge in [0.15, 0.2) is 0 Å². The normalized spacial score (nSPS) is 25.7. The van der Waals surface area contributed by atoms with E-state index in [1.807, 2.05) is 24.3 Å². The molecule has 2 aliphatic rings. The highest BCUT2D eigenvalue weighted by Gasteiger charge is 2.38. The van der Waals surface area contributed by atoms with Crippen LogP contribution in [0.4, 0.5) is 0 Å². The number of benzene rings is 1. The number of piperidine rings is 1. The van der Waals surface area contributed by atoms with E-state index in [1.165, 1.54) is 26.9 Å². The summed E-state index contributed by atoms with van der Waals surface area (Å²) < 4.78 is 1.29. The molecule has 120 valence electrons. The van der Waals surface area contributed by atoms with Gasteiger partial charge in [0.1, 0.15) is 0 Å². The lowest BCUT2D eigenvalue weighted by Crippen LogP contribution is -2.43. The van der Waals surface area contributed by atoms with Crippen LogP contribution in [0.3, 0.4) is 0 Å². The number of aryl methyl sites for hydroxylation is 1. The predicted molar refractivity (Wildman–Crippen MR) is 95.4 cm³/mol. The first kappa shape index (κ1) is 15.2. The number of fused-ring (bicyclic) bond motifs is 2. The van der Waals surface area contributed by atoms with Crippen LogP contribution in [0.1, 0.15) is 21.7 Å². The van der Waals surface area contributed by atoms with Crippen LogP contribution in [0.15, 0.2) is 45.5 Å². The maximum atomic E-state index is 12.4. The van der Waals surface area contributed by atoms with E-state index in [0.29, 0.717) is 12.0 Å². The van der Waals surface area contributed by atoms with Crippen molar-refractivity contribution in [3.05, 3.63) is 46.8 Å². The van der Waals surface area contributed by atoms with Gasteiger partial charge in [-0.25, -0.2) is 0 Å². The van der Waals surface area contributed by atoms with Gasteiger partial charge in [0.2, 0.25) is 0 Å². The van der Waals surface area contributed by atoms with Crippen molar-refractivity contribution >= 4 is 29.0 Å². The third-order valence-electron chi connectivity index (χ3n) is 4.70. The summed E-state index contributed by atoms with van der Waals surface area (Å²) in [6, 6.07) is 12.6. The monoisotopic (exact) mass is 344 g/mol. The molecule has 1 aromatic carbocycles. The number of carbonyl (C=O) groups is 1. The van der Waals surface area contributed by atoms with Gasteiger partial charge < -0.3 is 10.2 Å². The Balaban J connectivity index is 1.38. The molecule has 2 bridgehead atoms. The molecule has 0 radical (unpaired) electrons. The zero-order valence-corrected chi connectivity index (χ0v) is 14.8. The second kappa shape index (κ2) is 6.30. The van der Waals surface area contributed by atoms with Crippen LogP contribution in [0.2, 0.25) is 0 Å². The molecule has 2 aromatic rings. The Labute approximate surface area is 145 Å². The summed E-state index contributed by atoms with van der Waals surface area (Å²) in [6.07, 6.45) is 1.22. The molecule has 3 heterocycles. The second-order valence-electron chi connectivity index (χ2n) is 6.38. The Morgan fingerprint density at radius 1 is 1.22 bits per heavy atom. The lowest BCUT2D eigenvalue weighted by atomic mass is 9.99. The van der Waals surface area contributed by atoms with Crippen LogP contribution in [0.25, 0.3) is 0 Å². The molecule has 5 heteroatoms. The fraction of sp³-hybridized carbons (Fsp3) is 0.389. The molecule has 2 saturated heterocycles. The van der Waals surface area contributed by atoms with Crippen molar-refractivity contribution < 1.29 is 4.79 Å². The standard InChI is InChI=1S/C18H20N2OS2/c1-12-2-7-17(22-12)23-15-5-3-13(4-6-15)18(21)19-16-11-20-9-8-14(16)10-20/h2-7,14,16H,8-11H2,1H3,(H,19,21)/t14-,16?/m0/s1. The minimum atomic E-state index is 0.0623. The number of amides is 1. The van der Waals surface area contributed by atoms with Crippen molar-refractivity contribution in [3.8, 4) is 0 Å². The van der Waals surface area contributed by atoms with Gasteiger partial charge in [0.25, 0.3) is 5.91 Å². The molecule has 0 saturated carbocycles. The first-order valence-corrected chi connectivity index (χ1v) is 9.68. The Morgan fingerprint density at radius 2 is 2.04 bits per heavy atom. The molecule has 1 aromatic heterocycles.